The SMILES string of the molecule is CCCC(c1ccc2c(c1)sc1cc(N(c3ccc(C(F)(F)F)cc3)C(C)(CC)CCC)ccc12)C(C)N(c1ccccc1)c1ccc(-c2ccc(C(C)(CC)CCC)cc2)cc1. The lowest BCUT2D eigenvalue weighted by Crippen LogP contribution is -2.43. The largest absolute Gasteiger partial charge is 0.416 e. The van der Waals surface area contributed by atoms with Crippen molar-refractivity contribution in [2.24, 2.45) is 0 Å². The molecular weight excluding hydrogens is 802 g/mol. The van der Waals surface area contributed by atoms with Gasteiger partial charge < -0.3 is 9.80 Å². The van der Waals surface area contributed by atoms with Crippen LogP contribution in [0.3, 0.4) is 0 Å². The minimum Gasteiger partial charge on any atom is -0.338 e. The molecule has 2 nitrogen and oxygen atoms in total. The molecular formula is C57H65F3N2S. The maximum Gasteiger partial charge on any atom is 0.416 e. The highest BCUT2D eigenvalue weighted by atomic mass is 32.1. The lowest BCUT2D eigenvalue weighted by atomic mass is 9.76. The van der Waals surface area contributed by atoms with Gasteiger partial charge >= 0.3 is 6.18 Å². The zero-order chi connectivity index (χ0) is 44.9. The van der Waals surface area contributed by atoms with Crippen molar-refractivity contribution in [2.45, 2.75) is 136 Å². The predicted molar refractivity (Wildman–Crippen MR) is 267 cm³/mol. The highest BCUT2D eigenvalue weighted by Gasteiger charge is 2.34. The van der Waals surface area contributed by atoms with E-state index in [0.29, 0.717) is 0 Å². The first-order valence-corrected chi connectivity index (χ1v) is 24.1. The van der Waals surface area contributed by atoms with Gasteiger partial charge in [-0.3, -0.25) is 0 Å². The smallest absolute Gasteiger partial charge is 0.338 e. The molecule has 0 radical (unpaired) electrons. The summed E-state index contributed by atoms with van der Waals surface area (Å²) in [6, 6.07) is 48.6. The van der Waals surface area contributed by atoms with Gasteiger partial charge in [0, 0.05) is 60.4 Å². The van der Waals surface area contributed by atoms with Gasteiger partial charge in [-0.15, -0.1) is 11.3 Å². The quantitative estimate of drug-likeness (QED) is 0.0848. The van der Waals surface area contributed by atoms with Crippen molar-refractivity contribution in [1.82, 2.24) is 0 Å². The maximum absolute atomic E-state index is 13.6. The van der Waals surface area contributed by atoms with Crippen LogP contribution in [0.4, 0.5) is 35.9 Å². The minimum atomic E-state index is -4.38. The summed E-state index contributed by atoms with van der Waals surface area (Å²) in [5.74, 6) is 0.262. The molecule has 0 aliphatic rings. The van der Waals surface area contributed by atoms with Gasteiger partial charge in [0.25, 0.3) is 0 Å². The van der Waals surface area contributed by atoms with E-state index < -0.39 is 11.7 Å². The zero-order valence-corrected chi connectivity index (χ0v) is 39.3. The summed E-state index contributed by atoms with van der Waals surface area (Å²) in [5, 5.41) is 2.43. The fraction of sp³-hybridized carbons (Fsp3) is 0.368. The van der Waals surface area contributed by atoms with Crippen molar-refractivity contribution in [3.05, 3.63) is 156 Å². The van der Waals surface area contributed by atoms with Crippen LogP contribution < -0.4 is 9.80 Å². The fourth-order valence-electron chi connectivity index (χ4n) is 10.1. The Morgan fingerprint density at radius 3 is 1.65 bits per heavy atom. The molecule has 4 atom stereocenters. The number of rotatable bonds is 18. The van der Waals surface area contributed by atoms with Crippen LogP contribution >= 0.6 is 11.3 Å². The average Bonchev–Trinajstić information content (AvgIpc) is 3.66. The molecule has 7 rings (SSSR count). The molecule has 0 amide bonds. The van der Waals surface area contributed by atoms with Crippen molar-refractivity contribution in [3.63, 3.8) is 0 Å². The van der Waals surface area contributed by atoms with E-state index in [9.17, 15) is 13.2 Å². The predicted octanol–water partition coefficient (Wildman–Crippen LogP) is 18.4. The molecule has 0 bridgehead atoms. The Morgan fingerprint density at radius 1 is 0.540 bits per heavy atom. The number of alkyl halides is 3. The third-order valence-electron chi connectivity index (χ3n) is 14.0. The van der Waals surface area contributed by atoms with Gasteiger partial charge in [-0.05, 0) is 140 Å². The zero-order valence-electron chi connectivity index (χ0n) is 38.5. The van der Waals surface area contributed by atoms with Crippen LogP contribution in [0, 0.1) is 0 Å². The summed E-state index contributed by atoms with van der Waals surface area (Å²) in [6.07, 6.45) is 3.95. The Balaban J connectivity index is 1.22. The Kier molecular flexibility index (Phi) is 14.1. The van der Waals surface area contributed by atoms with Crippen LogP contribution in [0.25, 0.3) is 31.3 Å². The first-order valence-electron chi connectivity index (χ1n) is 23.3. The molecule has 0 saturated heterocycles. The van der Waals surface area contributed by atoms with Gasteiger partial charge in [0.2, 0.25) is 0 Å². The number of fused-ring (bicyclic) bond motifs is 3. The standard InChI is InChI=1S/C57H65F3N2S/c1-9-17-50(40(6)61(46-18-15-14-16-19-46)47-29-22-42(23-30-47)41-20-25-44(26-21-41)55(7,12-4)36-10-2)43-24-34-51-52-35-33-49(39-54(52)63-53(51)38-43)62(56(8,13-5)37-11-3)48-31-27-45(28-32-48)57(58,59)60/h14-16,18-35,38-40,50H,9-13,17,36-37H2,1-8H3. The van der Waals surface area contributed by atoms with E-state index in [2.05, 4.69) is 180 Å². The van der Waals surface area contributed by atoms with Crippen LogP contribution in [0.15, 0.2) is 140 Å². The molecule has 4 unspecified atom stereocenters. The second-order valence-electron chi connectivity index (χ2n) is 18.1. The molecule has 0 spiro atoms. The highest BCUT2D eigenvalue weighted by molar-refractivity contribution is 7.25. The normalized spacial score (nSPS) is 14.9. The summed E-state index contributed by atoms with van der Waals surface area (Å²) >= 11 is 1.80. The van der Waals surface area contributed by atoms with Crippen molar-refractivity contribution in [2.75, 3.05) is 9.80 Å². The molecule has 7 aromatic rings. The van der Waals surface area contributed by atoms with Crippen LogP contribution in [0.2, 0.25) is 0 Å². The summed E-state index contributed by atoms with van der Waals surface area (Å²) < 4.78 is 43.3. The van der Waals surface area contributed by atoms with E-state index >= 15 is 0 Å². The third kappa shape index (κ3) is 9.58. The van der Waals surface area contributed by atoms with E-state index in [1.54, 1.807) is 23.5 Å². The number of thiophene rings is 1. The molecule has 1 heterocycles. The van der Waals surface area contributed by atoms with E-state index in [0.717, 1.165) is 49.9 Å². The Labute approximate surface area is 378 Å². The van der Waals surface area contributed by atoms with Crippen LogP contribution in [-0.4, -0.2) is 11.6 Å². The summed E-state index contributed by atoms with van der Waals surface area (Å²) in [5.41, 5.74) is 8.61. The number of halogens is 3. The molecule has 0 N–H and O–H groups in total. The van der Waals surface area contributed by atoms with Gasteiger partial charge in [-0.2, -0.15) is 13.2 Å². The molecule has 1 aromatic heterocycles. The van der Waals surface area contributed by atoms with Gasteiger partial charge in [0.15, 0.2) is 0 Å². The number of hydrogen-bond donors (Lipinski definition) is 0. The monoisotopic (exact) mass is 866 g/mol. The fourth-order valence-corrected chi connectivity index (χ4v) is 11.2. The average molecular weight is 867 g/mol. The summed E-state index contributed by atoms with van der Waals surface area (Å²) in [4.78, 5) is 4.78. The van der Waals surface area contributed by atoms with Crippen molar-refractivity contribution in [1.29, 1.82) is 0 Å². The van der Waals surface area contributed by atoms with Crippen molar-refractivity contribution in [3.8, 4) is 11.1 Å². The van der Waals surface area contributed by atoms with E-state index in [1.807, 2.05) is 0 Å². The molecule has 0 saturated carbocycles. The van der Waals surface area contributed by atoms with Crippen LogP contribution in [-0.2, 0) is 11.6 Å². The molecule has 6 aromatic carbocycles. The molecule has 330 valence electrons. The van der Waals surface area contributed by atoms with E-state index in [-0.39, 0.29) is 22.9 Å². The summed E-state index contributed by atoms with van der Waals surface area (Å²) in [7, 11) is 0. The number of nitrogens with zero attached hydrogens (tertiary/aromatic N) is 2. The molecule has 0 fully saturated rings. The number of hydrogen-bond acceptors (Lipinski definition) is 3. The number of para-hydroxylation sites is 1. The van der Waals surface area contributed by atoms with Crippen molar-refractivity contribution >= 4 is 54.3 Å². The van der Waals surface area contributed by atoms with Gasteiger partial charge in [-0.25, -0.2) is 0 Å². The number of benzene rings is 6. The Hall–Kier alpha value is -5.07. The third-order valence-corrected chi connectivity index (χ3v) is 15.1. The molecule has 63 heavy (non-hydrogen) atoms. The molecule has 6 heteroatoms. The minimum absolute atomic E-state index is 0.156. The van der Waals surface area contributed by atoms with Crippen LogP contribution in [0.1, 0.15) is 129 Å². The lowest BCUT2D eigenvalue weighted by molar-refractivity contribution is -0.137. The number of anilines is 4. The topological polar surface area (TPSA) is 6.48 Å². The van der Waals surface area contributed by atoms with Gasteiger partial charge in [0.05, 0.1) is 5.56 Å². The van der Waals surface area contributed by atoms with Crippen molar-refractivity contribution < 1.29 is 13.2 Å². The maximum atomic E-state index is 13.6. The van der Waals surface area contributed by atoms with E-state index in [1.165, 1.54) is 78.8 Å². The second-order valence-corrected chi connectivity index (χ2v) is 19.2. The molecule has 0 aliphatic carbocycles. The first kappa shape index (κ1) is 45.9. The van der Waals surface area contributed by atoms with E-state index in [4.69, 9.17) is 0 Å². The highest BCUT2D eigenvalue weighted by Crippen LogP contribution is 2.45. The second kappa shape index (κ2) is 19.4. The summed E-state index contributed by atoms with van der Waals surface area (Å²) in [6.45, 7) is 18.2. The van der Waals surface area contributed by atoms with Gasteiger partial charge in [-0.1, -0.05) is 134 Å². The molecule has 0 aliphatic heterocycles. The van der Waals surface area contributed by atoms with Crippen LogP contribution in [0.5, 0.6) is 0 Å². The Morgan fingerprint density at radius 2 is 1.08 bits per heavy atom. The lowest BCUT2D eigenvalue weighted by Gasteiger charge is -2.43. The Bertz CT molecular complexity index is 2560. The van der Waals surface area contributed by atoms with Gasteiger partial charge in [0.1, 0.15) is 0 Å². The first-order chi connectivity index (χ1) is 30.3.